The van der Waals surface area contributed by atoms with Crippen LogP contribution in [0.15, 0.2) is 0 Å². The van der Waals surface area contributed by atoms with Gasteiger partial charge in [-0.2, -0.15) is 16.9 Å². The Hall–Kier alpha value is -1.17. The molecule has 5 nitrogen and oxygen atoms in total. The van der Waals surface area contributed by atoms with E-state index in [1.54, 1.807) is 0 Å². The maximum Gasteiger partial charge on any atom is 0.276 e. The van der Waals surface area contributed by atoms with Crippen molar-refractivity contribution < 1.29 is 4.79 Å². The zero-order valence-corrected chi connectivity index (χ0v) is 12.0. The number of aromatic nitrogens is 2. The van der Waals surface area contributed by atoms with Gasteiger partial charge in [0, 0.05) is 30.0 Å². The fourth-order valence-corrected chi connectivity index (χ4v) is 3.69. The first-order chi connectivity index (χ1) is 9.20. The van der Waals surface area contributed by atoms with E-state index in [1.807, 2.05) is 16.7 Å². The summed E-state index contributed by atoms with van der Waals surface area (Å²) in [5.41, 5.74) is 8.02. The number of nitrogens with one attached hydrogen (secondary N) is 1. The number of hydrogen-bond donors (Lipinski definition) is 2. The molecule has 19 heavy (non-hydrogen) atoms. The zero-order chi connectivity index (χ0) is 13.4. The number of nitrogens with two attached hydrogens (primary N) is 1. The number of nitrogen functional groups attached to an aromatic ring is 1. The summed E-state index contributed by atoms with van der Waals surface area (Å²) in [6.07, 6.45) is 3.40. The molecule has 1 saturated heterocycles. The van der Waals surface area contributed by atoms with Gasteiger partial charge in [0.05, 0.1) is 11.4 Å². The van der Waals surface area contributed by atoms with Crippen molar-refractivity contribution in [2.75, 3.05) is 24.6 Å². The average Bonchev–Trinajstić information content (AvgIpc) is 3.21. The summed E-state index contributed by atoms with van der Waals surface area (Å²) in [4.78, 5) is 14.4. The minimum atomic E-state index is -0.0144. The van der Waals surface area contributed by atoms with Gasteiger partial charge in [0.1, 0.15) is 0 Å². The summed E-state index contributed by atoms with van der Waals surface area (Å²) in [5, 5.41) is 7.65. The second kappa shape index (κ2) is 5.07. The first-order valence-corrected chi connectivity index (χ1v) is 8.00. The lowest BCUT2D eigenvalue weighted by Gasteiger charge is -2.31. The lowest BCUT2D eigenvalue weighted by molar-refractivity contribution is 0.0756. The fourth-order valence-electron chi connectivity index (χ4n) is 2.51. The van der Waals surface area contributed by atoms with Crippen LogP contribution < -0.4 is 5.73 Å². The van der Waals surface area contributed by atoms with Gasteiger partial charge in [0.15, 0.2) is 5.69 Å². The molecule has 3 rings (SSSR count). The van der Waals surface area contributed by atoms with Crippen molar-refractivity contribution in [3.63, 3.8) is 0 Å². The van der Waals surface area contributed by atoms with E-state index in [0.717, 1.165) is 43.8 Å². The third-order valence-electron chi connectivity index (χ3n) is 3.90. The average molecular weight is 280 g/mol. The molecule has 1 amide bonds. The summed E-state index contributed by atoms with van der Waals surface area (Å²) >= 11 is 1.95. The second-order valence-corrected chi connectivity index (χ2v) is 6.73. The Labute approximate surface area is 117 Å². The number of rotatable bonds is 3. The molecule has 3 N–H and O–H groups in total. The van der Waals surface area contributed by atoms with Crippen molar-refractivity contribution in [3.8, 4) is 0 Å². The number of amides is 1. The molecule has 1 atom stereocenters. The van der Waals surface area contributed by atoms with Crippen molar-refractivity contribution in [3.05, 3.63) is 11.4 Å². The lowest BCUT2D eigenvalue weighted by atomic mass is 10.2. The van der Waals surface area contributed by atoms with E-state index >= 15 is 0 Å². The molecule has 1 aliphatic carbocycles. The van der Waals surface area contributed by atoms with Crippen LogP contribution in [0.2, 0.25) is 0 Å². The van der Waals surface area contributed by atoms with Crippen LogP contribution in [0.3, 0.4) is 0 Å². The van der Waals surface area contributed by atoms with Gasteiger partial charge < -0.3 is 10.6 Å². The predicted octanol–water partition coefficient (Wildman–Crippen LogP) is 1.84. The Balaban J connectivity index is 1.75. The van der Waals surface area contributed by atoms with E-state index < -0.39 is 0 Å². The van der Waals surface area contributed by atoms with Crippen molar-refractivity contribution >= 4 is 23.4 Å². The molecule has 1 aromatic heterocycles. The van der Waals surface area contributed by atoms with Crippen LogP contribution >= 0.6 is 11.8 Å². The first kappa shape index (κ1) is 12.8. The summed E-state index contributed by atoms with van der Waals surface area (Å²) < 4.78 is 0. The molecule has 0 aromatic carbocycles. The number of nitrogens with zero attached hydrogens (tertiary/aromatic N) is 2. The molecule has 0 bridgehead atoms. The Morgan fingerprint density at radius 2 is 2.37 bits per heavy atom. The molecule has 104 valence electrons. The van der Waals surface area contributed by atoms with Crippen LogP contribution in [0.5, 0.6) is 0 Å². The fraction of sp³-hybridized carbons (Fsp3) is 0.692. The standard InChI is InChI=1S/C13H20N4OS/c1-2-9-7-17(5-6-19-9)13(18)12-10(14)11(15-16-12)8-3-4-8/h8-9H,2-7,14H2,1H3,(H,15,16). The number of H-pyrrole nitrogens is 1. The minimum absolute atomic E-state index is 0.0144. The number of carbonyl (C=O) groups excluding carboxylic acids is 1. The predicted molar refractivity (Wildman–Crippen MR) is 77.4 cm³/mol. The van der Waals surface area contributed by atoms with Gasteiger partial charge in [0.2, 0.25) is 0 Å². The van der Waals surface area contributed by atoms with Crippen molar-refractivity contribution in [1.82, 2.24) is 15.1 Å². The second-order valence-electron chi connectivity index (χ2n) is 5.33. The quantitative estimate of drug-likeness (QED) is 0.886. The Morgan fingerprint density at radius 1 is 1.58 bits per heavy atom. The van der Waals surface area contributed by atoms with E-state index in [4.69, 9.17) is 5.73 Å². The molecule has 6 heteroatoms. The van der Waals surface area contributed by atoms with Gasteiger partial charge in [0.25, 0.3) is 5.91 Å². The molecule has 2 fully saturated rings. The Kier molecular flexibility index (Phi) is 3.43. The molecule has 2 heterocycles. The highest BCUT2D eigenvalue weighted by molar-refractivity contribution is 8.00. The Bertz CT molecular complexity index is 483. The van der Waals surface area contributed by atoms with Crippen molar-refractivity contribution in [2.45, 2.75) is 37.4 Å². The summed E-state index contributed by atoms with van der Waals surface area (Å²) in [5.74, 6) is 1.48. The molecule has 2 aliphatic rings. The molecule has 1 aromatic rings. The van der Waals surface area contributed by atoms with Gasteiger partial charge >= 0.3 is 0 Å². The summed E-state index contributed by atoms with van der Waals surface area (Å²) in [6.45, 7) is 3.77. The van der Waals surface area contributed by atoms with Gasteiger partial charge in [-0.25, -0.2) is 0 Å². The van der Waals surface area contributed by atoms with Gasteiger partial charge in [-0.3, -0.25) is 9.89 Å². The van der Waals surface area contributed by atoms with E-state index in [1.165, 1.54) is 0 Å². The first-order valence-electron chi connectivity index (χ1n) is 6.95. The van der Waals surface area contributed by atoms with Crippen LogP contribution in [-0.4, -0.2) is 45.1 Å². The van der Waals surface area contributed by atoms with E-state index in [9.17, 15) is 4.79 Å². The topological polar surface area (TPSA) is 75.0 Å². The smallest absolute Gasteiger partial charge is 0.276 e. The van der Waals surface area contributed by atoms with Gasteiger partial charge in [-0.05, 0) is 19.3 Å². The van der Waals surface area contributed by atoms with Crippen molar-refractivity contribution in [2.24, 2.45) is 0 Å². The van der Waals surface area contributed by atoms with Crippen LogP contribution in [0, 0.1) is 0 Å². The molecule has 0 radical (unpaired) electrons. The number of thioether (sulfide) groups is 1. The largest absolute Gasteiger partial charge is 0.395 e. The third-order valence-corrected chi connectivity index (χ3v) is 5.28. The van der Waals surface area contributed by atoms with Crippen LogP contribution in [0.4, 0.5) is 5.69 Å². The number of aromatic amines is 1. The monoisotopic (exact) mass is 280 g/mol. The third kappa shape index (κ3) is 2.45. The van der Waals surface area contributed by atoms with Gasteiger partial charge in [-0.15, -0.1) is 0 Å². The number of carbonyl (C=O) groups is 1. The highest BCUT2D eigenvalue weighted by atomic mass is 32.2. The summed E-state index contributed by atoms with van der Waals surface area (Å²) in [6, 6.07) is 0. The Morgan fingerprint density at radius 3 is 3.05 bits per heavy atom. The maximum absolute atomic E-state index is 12.5. The van der Waals surface area contributed by atoms with Gasteiger partial charge in [-0.1, -0.05) is 6.92 Å². The zero-order valence-electron chi connectivity index (χ0n) is 11.2. The highest BCUT2D eigenvalue weighted by Crippen LogP contribution is 2.42. The molecule has 1 aliphatic heterocycles. The van der Waals surface area contributed by atoms with Crippen molar-refractivity contribution in [1.29, 1.82) is 0 Å². The molecule has 1 saturated carbocycles. The summed E-state index contributed by atoms with van der Waals surface area (Å²) in [7, 11) is 0. The van der Waals surface area contributed by atoms with E-state index in [-0.39, 0.29) is 5.91 Å². The maximum atomic E-state index is 12.5. The number of anilines is 1. The molecular weight excluding hydrogens is 260 g/mol. The minimum Gasteiger partial charge on any atom is -0.395 e. The molecule has 0 spiro atoms. The van der Waals surface area contributed by atoms with Crippen LogP contribution in [0.1, 0.15) is 48.3 Å². The normalized spacial score (nSPS) is 23.6. The van der Waals surface area contributed by atoms with E-state index in [2.05, 4.69) is 17.1 Å². The highest BCUT2D eigenvalue weighted by Gasteiger charge is 2.32. The molecular formula is C13H20N4OS. The molecule has 1 unspecified atom stereocenters. The number of hydrogen-bond acceptors (Lipinski definition) is 4. The lowest BCUT2D eigenvalue weighted by Crippen LogP contribution is -2.42. The van der Waals surface area contributed by atoms with Crippen LogP contribution in [-0.2, 0) is 0 Å². The van der Waals surface area contributed by atoms with Crippen LogP contribution in [0.25, 0.3) is 0 Å². The van der Waals surface area contributed by atoms with E-state index in [0.29, 0.717) is 22.5 Å². The SMILES string of the molecule is CCC1CN(C(=O)c2n[nH]c(C3CC3)c2N)CCS1.